The van der Waals surface area contributed by atoms with Crippen molar-refractivity contribution in [3.05, 3.63) is 29.6 Å². The Morgan fingerprint density at radius 2 is 2.12 bits per heavy atom. The zero-order valence-electron chi connectivity index (χ0n) is 10.0. The van der Waals surface area contributed by atoms with Gasteiger partial charge in [-0.05, 0) is 18.6 Å². The SMILES string of the molecule is CCCCCC(N)c1c(F)cccc1OC. The van der Waals surface area contributed by atoms with Gasteiger partial charge in [0.15, 0.2) is 0 Å². The van der Waals surface area contributed by atoms with Crippen LogP contribution in [-0.4, -0.2) is 7.11 Å². The Kier molecular flexibility index (Phi) is 5.26. The van der Waals surface area contributed by atoms with Crippen molar-refractivity contribution < 1.29 is 9.13 Å². The molecule has 0 amide bonds. The molecular weight excluding hydrogens is 205 g/mol. The van der Waals surface area contributed by atoms with Crippen LogP contribution < -0.4 is 10.5 Å². The van der Waals surface area contributed by atoms with Crippen molar-refractivity contribution >= 4 is 0 Å². The summed E-state index contributed by atoms with van der Waals surface area (Å²) in [5.74, 6) is 0.271. The molecule has 3 heteroatoms. The Bertz CT molecular complexity index is 328. The van der Waals surface area contributed by atoms with Gasteiger partial charge < -0.3 is 10.5 Å². The van der Waals surface area contributed by atoms with Gasteiger partial charge >= 0.3 is 0 Å². The second kappa shape index (κ2) is 6.48. The molecular formula is C13H20FNO. The fraction of sp³-hybridized carbons (Fsp3) is 0.538. The van der Waals surface area contributed by atoms with Crippen molar-refractivity contribution in [2.45, 2.75) is 38.6 Å². The van der Waals surface area contributed by atoms with E-state index in [9.17, 15) is 4.39 Å². The van der Waals surface area contributed by atoms with Crippen LogP contribution in [0.4, 0.5) is 4.39 Å². The van der Waals surface area contributed by atoms with E-state index in [-0.39, 0.29) is 11.9 Å². The van der Waals surface area contributed by atoms with Gasteiger partial charge in [0.05, 0.1) is 7.11 Å². The van der Waals surface area contributed by atoms with Crippen molar-refractivity contribution in [3.8, 4) is 5.75 Å². The van der Waals surface area contributed by atoms with Crippen LogP contribution in [0.1, 0.15) is 44.2 Å². The van der Waals surface area contributed by atoms with E-state index in [1.54, 1.807) is 12.1 Å². The van der Waals surface area contributed by atoms with Crippen LogP contribution in [0.15, 0.2) is 18.2 Å². The third-order valence-electron chi connectivity index (χ3n) is 2.72. The number of nitrogens with two attached hydrogens (primary N) is 1. The quantitative estimate of drug-likeness (QED) is 0.753. The normalized spacial score (nSPS) is 12.5. The molecule has 0 saturated heterocycles. The maximum Gasteiger partial charge on any atom is 0.131 e. The Morgan fingerprint density at radius 3 is 2.75 bits per heavy atom. The Labute approximate surface area is 96.6 Å². The van der Waals surface area contributed by atoms with Gasteiger partial charge in [0.25, 0.3) is 0 Å². The van der Waals surface area contributed by atoms with Gasteiger partial charge in [0, 0.05) is 11.6 Å². The molecule has 0 aliphatic heterocycles. The highest BCUT2D eigenvalue weighted by Crippen LogP contribution is 2.29. The number of hydrogen-bond donors (Lipinski definition) is 1. The van der Waals surface area contributed by atoms with E-state index in [1.807, 2.05) is 0 Å². The molecule has 1 aromatic carbocycles. The van der Waals surface area contributed by atoms with E-state index in [1.165, 1.54) is 13.2 Å². The van der Waals surface area contributed by atoms with E-state index < -0.39 is 0 Å². The van der Waals surface area contributed by atoms with Gasteiger partial charge in [-0.25, -0.2) is 4.39 Å². The summed E-state index contributed by atoms with van der Waals surface area (Å²) >= 11 is 0. The first-order chi connectivity index (χ1) is 7.70. The minimum absolute atomic E-state index is 0.275. The first-order valence-electron chi connectivity index (χ1n) is 5.78. The number of hydrogen-bond acceptors (Lipinski definition) is 2. The van der Waals surface area contributed by atoms with Gasteiger partial charge in [-0.1, -0.05) is 32.3 Å². The number of benzene rings is 1. The molecule has 1 rings (SSSR count). The standard InChI is InChI=1S/C13H20FNO/c1-3-4-5-8-11(15)13-10(14)7-6-9-12(13)16-2/h6-7,9,11H,3-5,8,15H2,1-2H3. The molecule has 0 aromatic heterocycles. The highest BCUT2D eigenvalue weighted by atomic mass is 19.1. The molecule has 1 aromatic rings. The van der Waals surface area contributed by atoms with Crippen molar-refractivity contribution in [2.75, 3.05) is 7.11 Å². The predicted molar refractivity (Wildman–Crippen MR) is 64.0 cm³/mol. The second-order valence-corrected chi connectivity index (χ2v) is 3.96. The first-order valence-corrected chi connectivity index (χ1v) is 5.78. The lowest BCUT2D eigenvalue weighted by Crippen LogP contribution is -2.13. The van der Waals surface area contributed by atoms with Crippen LogP contribution >= 0.6 is 0 Å². The Balaban J connectivity index is 2.76. The van der Waals surface area contributed by atoms with E-state index in [4.69, 9.17) is 10.5 Å². The van der Waals surface area contributed by atoms with E-state index in [0.29, 0.717) is 11.3 Å². The fourth-order valence-corrected chi connectivity index (χ4v) is 1.81. The molecule has 2 N–H and O–H groups in total. The third-order valence-corrected chi connectivity index (χ3v) is 2.72. The molecule has 0 saturated carbocycles. The molecule has 1 atom stereocenters. The smallest absolute Gasteiger partial charge is 0.131 e. The van der Waals surface area contributed by atoms with E-state index >= 15 is 0 Å². The van der Waals surface area contributed by atoms with Gasteiger partial charge in [0.1, 0.15) is 11.6 Å². The molecule has 0 aliphatic carbocycles. The summed E-state index contributed by atoms with van der Waals surface area (Å²) in [5.41, 5.74) is 6.49. The zero-order valence-corrected chi connectivity index (χ0v) is 10.0. The third kappa shape index (κ3) is 3.20. The monoisotopic (exact) mass is 225 g/mol. The molecule has 0 radical (unpaired) electrons. The average molecular weight is 225 g/mol. The molecule has 16 heavy (non-hydrogen) atoms. The lowest BCUT2D eigenvalue weighted by Gasteiger charge is -2.16. The van der Waals surface area contributed by atoms with Crippen molar-refractivity contribution in [3.63, 3.8) is 0 Å². The molecule has 2 nitrogen and oxygen atoms in total. The van der Waals surface area contributed by atoms with Gasteiger partial charge in [0.2, 0.25) is 0 Å². The summed E-state index contributed by atoms with van der Waals surface area (Å²) < 4.78 is 18.8. The summed E-state index contributed by atoms with van der Waals surface area (Å²) in [6, 6.07) is 4.54. The number of methoxy groups -OCH3 is 1. The maximum atomic E-state index is 13.6. The van der Waals surface area contributed by atoms with Crippen LogP contribution in [0, 0.1) is 5.82 Å². The van der Waals surface area contributed by atoms with Crippen molar-refractivity contribution in [1.82, 2.24) is 0 Å². The molecule has 0 aliphatic rings. The topological polar surface area (TPSA) is 35.2 Å². The lowest BCUT2D eigenvalue weighted by atomic mass is 10.00. The molecule has 90 valence electrons. The fourth-order valence-electron chi connectivity index (χ4n) is 1.81. The Morgan fingerprint density at radius 1 is 1.38 bits per heavy atom. The zero-order chi connectivity index (χ0) is 12.0. The number of rotatable bonds is 6. The van der Waals surface area contributed by atoms with Crippen LogP contribution in [0.3, 0.4) is 0 Å². The summed E-state index contributed by atoms with van der Waals surface area (Å²) in [4.78, 5) is 0. The molecule has 0 bridgehead atoms. The number of unbranched alkanes of at least 4 members (excludes halogenated alkanes) is 2. The second-order valence-electron chi connectivity index (χ2n) is 3.96. The van der Waals surface area contributed by atoms with Gasteiger partial charge in [-0.15, -0.1) is 0 Å². The Hall–Kier alpha value is -1.09. The highest BCUT2D eigenvalue weighted by molar-refractivity contribution is 5.36. The minimum atomic E-state index is -0.275. The van der Waals surface area contributed by atoms with Crippen LogP contribution in [0.2, 0.25) is 0 Å². The van der Waals surface area contributed by atoms with Crippen molar-refractivity contribution in [1.29, 1.82) is 0 Å². The van der Waals surface area contributed by atoms with Gasteiger partial charge in [-0.2, -0.15) is 0 Å². The summed E-state index contributed by atoms with van der Waals surface area (Å²) in [7, 11) is 1.54. The van der Waals surface area contributed by atoms with Crippen molar-refractivity contribution in [2.24, 2.45) is 5.73 Å². The van der Waals surface area contributed by atoms with E-state index in [0.717, 1.165) is 25.7 Å². The average Bonchev–Trinajstić information content (AvgIpc) is 2.28. The van der Waals surface area contributed by atoms with Crippen LogP contribution in [-0.2, 0) is 0 Å². The molecule has 0 spiro atoms. The van der Waals surface area contributed by atoms with Crippen LogP contribution in [0.25, 0.3) is 0 Å². The lowest BCUT2D eigenvalue weighted by molar-refractivity contribution is 0.396. The van der Waals surface area contributed by atoms with Crippen LogP contribution in [0.5, 0.6) is 5.75 Å². The largest absolute Gasteiger partial charge is 0.496 e. The molecule has 1 unspecified atom stereocenters. The molecule has 0 heterocycles. The number of halogens is 1. The van der Waals surface area contributed by atoms with E-state index in [2.05, 4.69) is 6.92 Å². The summed E-state index contributed by atoms with van der Waals surface area (Å²) in [5, 5.41) is 0. The molecule has 0 fully saturated rings. The van der Waals surface area contributed by atoms with Gasteiger partial charge in [-0.3, -0.25) is 0 Å². The first kappa shape index (κ1) is 13.0. The predicted octanol–water partition coefficient (Wildman–Crippen LogP) is 3.41. The number of ether oxygens (including phenoxy) is 1. The maximum absolute atomic E-state index is 13.6. The highest BCUT2D eigenvalue weighted by Gasteiger charge is 2.16. The summed E-state index contributed by atoms with van der Waals surface area (Å²) in [6.07, 6.45) is 4.09. The summed E-state index contributed by atoms with van der Waals surface area (Å²) in [6.45, 7) is 2.13. The minimum Gasteiger partial charge on any atom is -0.496 e.